The maximum Gasteiger partial charge on any atom is 0.326 e. The summed E-state index contributed by atoms with van der Waals surface area (Å²) in [6, 6.07) is 2.05. The molecule has 1 heterocycles. The molecule has 130 valence electrons. The summed E-state index contributed by atoms with van der Waals surface area (Å²) in [5.41, 5.74) is 1.28. The highest BCUT2D eigenvalue weighted by atomic mass is 35.5. The Morgan fingerprint density at radius 2 is 1.88 bits per heavy atom. The Kier molecular flexibility index (Phi) is 5.21. The van der Waals surface area contributed by atoms with Gasteiger partial charge >= 0.3 is 5.97 Å². The Hall–Kier alpha value is -1.46. The van der Waals surface area contributed by atoms with Crippen molar-refractivity contribution in [3.8, 4) is 0 Å². The number of carboxylic acid groups (broad SMARTS) is 1. The molecule has 1 fully saturated rings. The largest absolute Gasteiger partial charge is 0.480 e. The van der Waals surface area contributed by atoms with Gasteiger partial charge in [0.25, 0.3) is 0 Å². The molecule has 0 bridgehead atoms. The molecule has 24 heavy (non-hydrogen) atoms. The van der Waals surface area contributed by atoms with Crippen molar-refractivity contribution in [1.82, 2.24) is 5.32 Å². The Bertz CT molecular complexity index is 659. The molecular formula is C17H20Cl2N2O3. The Balaban J connectivity index is 1.86. The van der Waals surface area contributed by atoms with Crippen LogP contribution < -0.4 is 10.6 Å². The van der Waals surface area contributed by atoms with Crippen LogP contribution in [0.15, 0.2) is 12.1 Å². The van der Waals surface area contributed by atoms with Crippen molar-refractivity contribution in [2.45, 2.75) is 50.6 Å². The summed E-state index contributed by atoms with van der Waals surface area (Å²) in [5.74, 6) is -0.970. The van der Waals surface area contributed by atoms with Crippen LogP contribution in [0.3, 0.4) is 0 Å². The first kappa shape index (κ1) is 17.4. The minimum Gasteiger partial charge on any atom is -0.480 e. The summed E-state index contributed by atoms with van der Waals surface area (Å²) < 4.78 is 0. The van der Waals surface area contributed by atoms with E-state index >= 15 is 0 Å². The van der Waals surface area contributed by atoms with Crippen LogP contribution in [-0.4, -0.2) is 23.0 Å². The van der Waals surface area contributed by atoms with Crippen molar-refractivity contribution in [3.63, 3.8) is 0 Å². The minimum absolute atomic E-state index is 0.00596. The number of aliphatic carboxylic acids is 1. The number of amides is 1. The zero-order valence-electron chi connectivity index (χ0n) is 13.1. The van der Waals surface area contributed by atoms with Gasteiger partial charge in [-0.15, -0.1) is 0 Å². The number of carbonyl (C=O) groups excluding carboxylic acids is 1. The van der Waals surface area contributed by atoms with Crippen LogP contribution in [0, 0.1) is 5.92 Å². The molecule has 1 aliphatic carbocycles. The molecule has 0 saturated heterocycles. The van der Waals surface area contributed by atoms with Gasteiger partial charge in [0, 0.05) is 33.6 Å². The van der Waals surface area contributed by atoms with Gasteiger partial charge in [-0.2, -0.15) is 0 Å². The van der Waals surface area contributed by atoms with Crippen LogP contribution in [0.1, 0.15) is 50.1 Å². The maximum atomic E-state index is 12.6. The standard InChI is InChI=1S/C17H20Cl2N2O3/c18-10-6-11(19)15-12(7-10)20-14(17(23)24)8-13(15)21-16(22)9-4-2-1-3-5-9/h6-7,9,13-14,20H,1-5,8H2,(H,21,22)(H,23,24)/t13-,14+/m1/s1. The van der Waals surface area contributed by atoms with Gasteiger partial charge < -0.3 is 15.7 Å². The number of carboxylic acids is 1. The van der Waals surface area contributed by atoms with Gasteiger partial charge in [-0.25, -0.2) is 4.79 Å². The summed E-state index contributed by atoms with van der Waals surface area (Å²) in [6.07, 6.45) is 5.33. The monoisotopic (exact) mass is 370 g/mol. The van der Waals surface area contributed by atoms with E-state index in [1.165, 1.54) is 6.42 Å². The first-order valence-electron chi connectivity index (χ1n) is 8.24. The molecule has 2 aliphatic rings. The van der Waals surface area contributed by atoms with Crippen LogP contribution in [0.2, 0.25) is 10.0 Å². The number of hydrogen-bond acceptors (Lipinski definition) is 3. The lowest BCUT2D eigenvalue weighted by molar-refractivity contribution is -0.138. The summed E-state index contributed by atoms with van der Waals surface area (Å²) in [6.45, 7) is 0. The molecule has 7 heteroatoms. The molecule has 3 N–H and O–H groups in total. The highest BCUT2D eigenvalue weighted by Crippen LogP contribution is 2.40. The molecule has 1 aliphatic heterocycles. The molecule has 5 nitrogen and oxygen atoms in total. The molecule has 2 atom stereocenters. The highest BCUT2D eigenvalue weighted by molar-refractivity contribution is 6.35. The summed E-state index contributed by atoms with van der Waals surface area (Å²) in [5, 5.41) is 16.2. The molecule has 1 saturated carbocycles. The van der Waals surface area contributed by atoms with E-state index in [2.05, 4.69) is 10.6 Å². The average molecular weight is 371 g/mol. The van der Waals surface area contributed by atoms with Gasteiger partial charge in [-0.3, -0.25) is 4.79 Å². The van der Waals surface area contributed by atoms with Gasteiger partial charge in [0.2, 0.25) is 5.91 Å². The topological polar surface area (TPSA) is 78.4 Å². The van der Waals surface area contributed by atoms with Crippen LogP contribution in [0.25, 0.3) is 0 Å². The Labute approximate surface area is 150 Å². The second kappa shape index (κ2) is 7.19. The highest BCUT2D eigenvalue weighted by Gasteiger charge is 2.34. The van der Waals surface area contributed by atoms with Gasteiger partial charge in [0.05, 0.1) is 6.04 Å². The van der Waals surface area contributed by atoms with Crippen molar-refractivity contribution in [3.05, 3.63) is 27.7 Å². The second-order valence-corrected chi connectivity index (χ2v) is 7.36. The smallest absolute Gasteiger partial charge is 0.326 e. The first-order chi connectivity index (χ1) is 11.5. The third-order valence-electron chi connectivity index (χ3n) is 4.83. The zero-order valence-corrected chi connectivity index (χ0v) is 14.7. The van der Waals surface area contributed by atoms with Crippen molar-refractivity contribution < 1.29 is 14.7 Å². The van der Waals surface area contributed by atoms with Crippen LogP contribution in [0.5, 0.6) is 0 Å². The lowest BCUT2D eigenvalue weighted by Gasteiger charge is -2.33. The van der Waals surface area contributed by atoms with Crippen molar-refractivity contribution in [2.75, 3.05) is 5.32 Å². The molecule has 0 unspecified atom stereocenters. The quantitative estimate of drug-likeness (QED) is 0.751. The predicted molar refractivity (Wildman–Crippen MR) is 93.6 cm³/mol. The SMILES string of the molecule is O=C(N[C@@H]1C[C@@H](C(=O)O)Nc2cc(Cl)cc(Cl)c21)C1CCCCC1. The van der Waals surface area contributed by atoms with E-state index in [-0.39, 0.29) is 18.2 Å². The van der Waals surface area contributed by atoms with Crippen molar-refractivity contribution in [1.29, 1.82) is 0 Å². The number of halogens is 2. The summed E-state index contributed by atoms with van der Waals surface area (Å²) in [4.78, 5) is 24.0. The second-order valence-electron chi connectivity index (χ2n) is 6.52. The van der Waals surface area contributed by atoms with Crippen molar-refractivity contribution >= 4 is 40.8 Å². The summed E-state index contributed by atoms with van der Waals surface area (Å²) >= 11 is 12.3. The molecule has 0 radical (unpaired) electrons. The number of carbonyl (C=O) groups is 2. The molecule has 1 aromatic rings. The molecular weight excluding hydrogens is 351 g/mol. The fraction of sp³-hybridized carbons (Fsp3) is 0.529. The van der Waals surface area contributed by atoms with E-state index in [4.69, 9.17) is 23.2 Å². The van der Waals surface area contributed by atoms with Gasteiger partial charge in [-0.05, 0) is 25.0 Å². The normalized spacial score (nSPS) is 23.9. The molecule has 3 rings (SSSR count). The number of rotatable bonds is 3. The summed E-state index contributed by atoms with van der Waals surface area (Å²) in [7, 11) is 0. The number of hydrogen-bond donors (Lipinski definition) is 3. The van der Waals surface area contributed by atoms with E-state index in [1.54, 1.807) is 12.1 Å². The number of anilines is 1. The van der Waals surface area contributed by atoms with E-state index in [0.717, 1.165) is 25.7 Å². The Morgan fingerprint density at radius 1 is 1.17 bits per heavy atom. The third kappa shape index (κ3) is 3.62. The molecule has 1 amide bonds. The predicted octanol–water partition coefficient (Wildman–Crippen LogP) is 4.00. The van der Waals surface area contributed by atoms with Crippen LogP contribution >= 0.6 is 23.2 Å². The van der Waals surface area contributed by atoms with E-state index in [9.17, 15) is 14.7 Å². The number of benzene rings is 1. The number of fused-ring (bicyclic) bond motifs is 1. The van der Waals surface area contributed by atoms with E-state index in [1.807, 2.05) is 0 Å². The zero-order chi connectivity index (χ0) is 17.3. The lowest BCUT2D eigenvalue weighted by atomic mass is 9.87. The van der Waals surface area contributed by atoms with Gasteiger partial charge in [0.1, 0.15) is 6.04 Å². The lowest BCUT2D eigenvalue weighted by Crippen LogP contribution is -2.43. The molecule has 0 aromatic heterocycles. The van der Waals surface area contributed by atoms with Crippen LogP contribution in [-0.2, 0) is 9.59 Å². The third-order valence-corrected chi connectivity index (χ3v) is 5.37. The van der Waals surface area contributed by atoms with Gasteiger partial charge in [0.15, 0.2) is 0 Å². The first-order valence-corrected chi connectivity index (χ1v) is 9.00. The van der Waals surface area contributed by atoms with Gasteiger partial charge in [-0.1, -0.05) is 42.5 Å². The fourth-order valence-corrected chi connectivity index (χ4v) is 4.23. The van der Waals surface area contributed by atoms with E-state index in [0.29, 0.717) is 21.3 Å². The van der Waals surface area contributed by atoms with Crippen molar-refractivity contribution in [2.24, 2.45) is 5.92 Å². The Morgan fingerprint density at radius 3 is 2.54 bits per heavy atom. The average Bonchev–Trinajstić information content (AvgIpc) is 2.54. The maximum absolute atomic E-state index is 12.6. The number of nitrogens with one attached hydrogen (secondary N) is 2. The molecule has 1 aromatic carbocycles. The van der Waals surface area contributed by atoms with E-state index < -0.39 is 18.1 Å². The fourth-order valence-electron chi connectivity index (χ4n) is 3.61. The van der Waals surface area contributed by atoms with Crippen LogP contribution in [0.4, 0.5) is 5.69 Å². The molecule has 0 spiro atoms. The minimum atomic E-state index is -0.964.